The van der Waals surface area contributed by atoms with Gasteiger partial charge in [0.05, 0.1) is 16.4 Å². The lowest BCUT2D eigenvalue weighted by Crippen LogP contribution is -2.26. The molecule has 0 amide bonds. The molecule has 2 heterocycles. The Morgan fingerprint density at radius 2 is 0.800 bits per heavy atom. The molecular formula is C77H48N2O. The van der Waals surface area contributed by atoms with Crippen LogP contribution < -0.4 is 4.90 Å². The van der Waals surface area contributed by atoms with Crippen LogP contribution in [0.25, 0.3) is 116 Å². The molecule has 372 valence electrons. The quantitative estimate of drug-likeness (QED) is 0.159. The maximum absolute atomic E-state index is 6.42. The first-order chi connectivity index (χ1) is 39.6. The van der Waals surface area contributed by atoms with Gasteiger partial charge >= 0.3 is 0 Å². The molecule has 3 nitrogen and oxygen atoms in total. The number of hydrogen-bond donors (Lipinski definition) is 0. The lowest BCUT2D eigenvalue weighted by atomic mass is 9.70. The molecular weight excluding hydrogens is 969 g/mol. The van der Waals surface area contributed by atoms with Crippen molar-refractivity contribution in [1.82, 2.24) is 4.57 Å². The number of hydrogen-bond acceptors (Lipinski definition) is 2. The third kappa shape index (κ3) is 6.55. The van der Waals surface area contributed by atoms with Crippen molar-refractivity contribution in [2.75, 3.05) is 4.90 Å². The third-order valence-electron chi connectivity index (χ3n) is 17.4. The smallest absolute Gasteiger partial charge is 0.135 e. The van der Waals surface area contributed by atoms with Gasteiger partial charge in [-0.15, -0.1) is 0 Å². The fraction of sp³-hybridized carbons (Fsp3) is 0.0130. The van der Waals surface area contributed by atoms with Crippen LogP contribution in [0.2, 0.25) is 0 Å². The van der Waals surface area contributed by atoms with E-state index >= 15 is 0 Å². The summed E-state index contributed by atoms with van der Waals surface area (Å²) in [7, 11) is 0. The van der Waals surface area contributed by atoms with Gasteiger partial charge in [-0.05, 0) is 186 Å². The van der Waals surface area contributed by atoms with E-state index in [4.69, 9.17) is 4.42 Å². The van der Waals surface area contributed by atoms with E-state index in [1.165, 1.54) is 88.2 Å². The number of anilines is 3. The highest BCUT2D eigenvalue weighted by Crippen LogP contribution is 2.63. The lowest BCUT2D eigenvalue weighted by Gasteiger charge is -2.32. The second-order valence-corrected chi connectivity index (χ2v) is 21.6. The van der Waals surface area contributed by atoms with Crippen LogP contribution in [0.4, 0.5) is 17.1 Å². The summed E-state index contributed by atoms with van der Waals surface area (Å²) in [6.45, 7) is 0. The molecule has 2 aliphatic rings. The van der Waals surface area contributed by atoms with Crippen molar-refractivity contribution in [3.8, 4) is 61.3 Å². The van der Waals surface area contributed by atoms with E-state index in [-0.39, 0.29) is 0 Å². The zero-order valence-electron chi connectivity index (χ0n) is 43.5. The predicted molar refractivity (Wildman–Crippen MR) is 333 cm³/mol. The molecule has 0 fully saturated rings. The van der Waals surface area contributed by atoms with E-state index < -0.39 is 5.41 Å². The van der Waals surface area contributed by atoms with E-state index in [2.05, 4.69) is 295 Å². The van der Waals surface area contributed by atoms with Crippen molar-refractivity contribution in [2.24, 2.45) is 0 Å². The average molecular weight is 1020 g/mol. The Morgan fingerprint density at radius 3 is 1.54 bits per heavy atom. The fourth-order valence-electron chi connectivity index (χ4n) is 13.8. The highest BCUT2D eigenvalue weighted by atomic mass is 16.3. The van der Waals surface area contributed by atoms with Crippen LogP contribution in [-0.2, 0) is 5.41 Å². The fourth-order valence-corrected chi connectivity index (χ4v) is 13.8. The summed E-state index contributed by atoms with van der Waals surface area (Å²) in [5, 5.41) is 7.10. The zero-order valence-corrected chi connectivity index (χ0v) is 43.5. The van der Waals surface area contributed by atoms with Crippen molar-refractivity contribution in [2.45, 2.75) is 5.41 Å². The van der Waals surface area contributed by atoms with Crippen LogP contribution >= 0.6 is 0 Å². The van der Waals surface area contributed by atoms with Gasteiger partial charge in [-0.25, -0.2) is 0 Å². The van der Waals surface area contributed by atoms with Gasteiger partial charge in [0.1, 0.15) is 11.2 Å². The van der Waals surface area contributed by atoms with Crippen LogP contribution in [-0.4, -0.2) is 4.57 Å². The monoisotopic (exact) mass is 1020 g/mol. The molecule has 13 aromatic carbocycles. The molecule has 1 spiro atoms. The van der Waals surface area contributed by atoms with Gasteiger partial charge in [0.2, 0.25) is 0 Å². The van der Waals surface area contributed by atoms with Crippen molar-refractivity contribution in [3.05, 3.63) is 313 Å². The van der Waals surface area contributed by atoms with Crippen molar-refractivity contribution >= 4 is 71.6 Å². The number of para-hydroxylation sites is 3. The minimum Gasteiger partial charge on any atom is -0.456 e. The molecule has 0 saturated carbocycles. The number of fused-ring (bicyclic) bond motifs is 17. The number of nitrogens with zero attached hydrogens (tertiary/aromatic N) is 2. The van der Waals surface area contributed by atoms with Gasteiger partial charge in [0, 0.05) is 44.3 Å². The van der Waals surface area contributed by atoms with Crippen LogP contribution in [0.15, 0.2) is 296 Å². The van der Waals surface area contributed by atoms with Crippen LogP contribution in [0, 0.1) is 0 Å². The molecule has 0 bridgehead atoms. The normalized spacial score (nSPS) is 12.8. The maximum atomic E-state index is 6.42. The SMILES string of the molecule is c1ccc(-n2c3ccccc3c3cc(-c4cc(-c5ccc6oc7ccccc7c6c5)cc(N(c5ccc(-c6ccc7ccccc7c6)cc5)c5ccc6c(c5)C5(c7ccccc7-c7ccccc75)c5ccccc5-6)c4)ccc32)cc1. The molecule has 0 radical (unpaired) electrons. The van der Waals surface area contributed by atoms with E-state index in [1.807, 2.05) is 6.07 Å². The van der Waals surface area contributed by atoms with E-state index in [0.717, 1.165) is 66.9 Å². The summed E-state index contributed by atoms with van der Waals surface area (Å²) in [5.74, 6) is 0. The Kier molecular flexibility index (Phi) is 9.63. The van der Waals surface area contributed by atoms with Crippen LogP contribution in [0.1, 0.15) is 22.3 Å². The summed E-state index contributed by atoms with van der Waals surface area (Å²) < 4.78 is 8.81. The Balaban J connectivity index is 0.918. The number of aromatic nitrogens is 1. The van der Waals surface area contributed by atoms with Gasteiger partial charge in [0.25, 0.3) is 0 Å². The summed E-state index contributed by atoms with van der Waals surface area (Å²) in [5.41, 5.74) is 25.2. The maximum Gasteiger partial charge on any atom is 0.135 e. The van der Waals surface area contributed by atoms with Gasteiger partial charge < -0.3 is 13.9 Å². The summed E-state index contributed by atoms with van der Waals surface area (Å²) in [6, 6.07) is 108. The first-order valence-electron chi connectivity index (χ1n) is 27.6. The molecule has 17 rings (SSSR count). The predicted octanol–water partition coefficient (Wildman–Crippen LogP) is 20.7. The Morgan fingerprint density at radius 1 is 0.275 bits per heavy atom. The minimum atomic E-state index is -0.509. The molecule has 0 unspecified atom stereocenters. The van der Waals surface area contributed by atoms with E-state index in [9.17, 15) is 0 Å². The average Bonchev–Trinajstić information content (AvgIpc) is 4.43. The highest BCUT2D eigenvalue weighted by molar-refractivity contribution is 6.11. The number of rotatable bonds is 7. The second-order valence-electron chi connectivity index (χ2n) is 21.6. The van der Waals surface area contributed by atoms with E-state index in [0.29, 0.717) is 0 Å². The van der Waals surface area contributed by atoms with Gasteiger partial charge in [-0.1, -0.05) is 194 Å². The van der Waals surface area contributed by atoms with Crippen molar-refractivity contribution in [3.63, 3.8) is 0 Å². The molecule has 3 heteroatoms. The summed E-state index contributed by atoms with van der Waals surface area (Å²) in [6.07, 6.45) is 0. The first kappa shape index (κ1) is 44.6. The second kappa shape index (κ2) is 17.3. The van der Waals surface area contributed by atoms with Gasteiger partial charge in [-0.2, -0.15) is 0 Å². The van der Waals surface area contributed by atoms with Crippen LogP contribution in [0.3, 0.4) is 0 Å². The highest BCUT2D eigenvalue weighted by Gasteiger charge is 2.51. The zero-order chi connectivity index (χ0) is 52.5. The Bertz CT molecular complexity index is 4960. The largest absolute Gasteiger partial charge is 0.456 e. The minimum absolute atomic E-state index is 0.509. The molecule has 2 aliphatic carbocycles. The molecule has 80 heavy (non-hydrogen) atoms. The van der Waals surface area contributed by atoms with Crippen LogP contribution in [0.5, 0.6) is 0 Å². The van der Waals surface area contributed by atoms with Crippen molar-refractivity contribution in [1.29, 1.82) is 0 Å². The first-order valence-corrected chi connectivity index (χ1v) is 27.6. The Labute approximate surface area is 463 Å². The van der Waals surface area contributed by atoms with E-state index in [1.54, 1.807) is 0 Å². The number of furan rings is 1. The third-order valence-corrected chi connectivity index (χ3v) is 17.4. The topological polar surface area (TPSA) is 21.3 Å². The molecule has 2 aromatic heterocycles. The molecule has 0 aliphatic heterocycles. The Hall–Kier alpha value is -10.5. The molecule has 0 N–H and O–H groups in total. The number of benzene rings is 13. The summed E-state index contributed by atoms with van der Waals surface area (Å²) in [4.78, 5) is 2.49. The van der Waals surface area contributed by atoms with Gasteiger partial charge in [-0.3, -0.25) is 0 Å². The van der Waals surface area contributed by atoms with Gasteiger partial charge in [0.15, 0.2) is 0 Å². The molecule has 0 saturated heterocycles. The summed E-state index contributed by atoms with van der Waals surface area (Å²) >= 11 is 0. The molecule has 15 aromatic rings. The standard InChI is InChI=1S/C77H48N2O/c1-2-18-57(19-3-1)79-73-28-14-9-23-65(73)67-46-53(34-40-74(67)79)55-43-56(54-35-41-76-68(47-54)66-24-10-15-29-75(66)80-76)45-60(44-55)78(58-36-32-50(33-37-58)52-31-30-49-16-4-5-17-51(49)42-52)59-38-39-64-63-22-8-13-27-71(63)77(72(64)48-59)69-25-11-6-20-61(69)62-21-7-12-26-70(62)77/h1-48H. The lowest BCUT2D eigenvalue weighted by molar-refractivity contribution is 0.669. The van der Waals surface area contributed by atoms with Crippen molar-refractivity contribution < 1.29 is 4.42 Å². The molecule has 0 atom stereocenters.